The second kappa shape index (κ2) is 41.7. The summed E-state index contributed by atoms with van der Waals surface area (Å²) in [5.74, 6) is -0.304. The molecule has 13 nitrogen and oxygen atoms in total. The van der Waals surface area contributed by atoms with Crippen LogP contribution in [0.25, 0.3) is 0 Å². The summed E-state index contributed by atoms with van der Waals surface area (Å²) in [6.07, 6.45) is 10.8. The van der Waals surface area contributed by atoms with Crippen LogP contribution in [0.5, 0.6) is 0 Å². The topological polar surface area (TPSA) is 136 Å². The van der Waals surface area contributed by atoms with E-state index in [1.54, 1.807) is 0 Å². The van der Waals surface area contributed by atoms with Crippen molar-refractivity contribution < 1.29 is 61.7 Å². The Morgan fingerprint density at radius 3 is 0.750 bits per heavy atom. The fraction of sp³-hybridized carbons (Fsp3) is 0.943. The summed E-state index contributed by atoms with van der Waals surface area (Å²) in [6, 6.07) is 0. The molecule has 0 amide bonds. The highest BCUT2D eigenvalue weighted by atomic mass is 16.6. The fourth-order valence-corrected chi connectivity index (χ4v) is 4.00. The lowest BCUT2D eigenvalue weighted by molar-refractivity contribution is -0.146. The zero-order chi connectivity index (χ0) is 34.9. The Morgan fingerprint density at radius 2 is 0.500 bits per heavy atom. The van der Waals surface area contributed by atoms with Gasteiger partial charge in [-0.25, -0.2) is 0 Å². The van der Waals surface area contributed by atoms with Gasteiger partial charge in [0.2, 0.25) is 0 Å². The van der Waals surface area contributed by atoms with Crippen molar-refractivity contribution in [1.82, 2.24) is 0 Å². The largest absolute Gasteiger partial charge is 0.463 e. The average molecular weight is 697 g/mol. The molecule has 0 unspecified atom stereocenters. The van der Waals surface area contributed by atoms with E-state index in [9.17, 15) is 9.59 Å². The van der Waals surface area contributed by atoms with E-state index in [1.807, 2.05) is 0 Å². The number of ether oxygens (including phenoxy) is 11. The van der Waals surface area contributed by atoms with Gasteiger partial charge in [-0.1, -0.05) is 58.8 Å². The first-order chi connectivity index (χ1) is 23.7. The van der Waals surface area contributed by atoms with Gasteiger partial charge < -0.3 is 52.1 Å². The Kier molecular flexibility index (Phi) is 40.5. The molecule has 0 aromatic heterocycles. The van der Waals surface area contributed by atoms with Crippen LogP contribution in [0, 0.1) is 0 Å². The maximum absolute atomic E-state index is 11.6. The number of hydrogen-bond acceptors (Lipinski definition) is 13. The molecule has 0 atom stereocenters. The zero-order valence-electron chi connectivity index (χ0n) is 30.2. The van der Waals surface area contributed by atoms with Crippen molar-refractivity contribution in [3.05, 3.63) is 0 Å². The molecule has 0 spiro atoms. The maximum Gasteiger partial charge on any atom is 0.305 e. The summed E-state index contributed by atoms with van der Waals surface area (Å²) >= 11 is 0. The van der Waals surface area contributed by atoms with Gasteiger partial charge in [0.1, 0.15) is 13.2 Å². The first-order valence-electron chi connectivity index (χ1n) is 18.2. The van der Waals surface area contributed by atoms with Gasteiger partial charge in [0.05, 0.1) is 119 Å². The standard InChI is InChI=1S/C35H68O13/c1-3-5-7-9-11-13-35(37)48-33-31-46-29-27-44-25-23-42-21-19-40-17-15-38-14-16-39-18-20-41-22-24-43-26-28-45-30-32-47-34(36)12-10-8-6-4-2/h3-33H2,1-2H3. The Morgan fingerprint density at radius 1 is 0.292 bits per heavy atom. The van der Waals surface area contributed by atoms with Crippen LogP contribution >= 0.6 is 0 Å². The van der Waals surface area contributed by atoms with Crippen LogP contribution in [0.2, 0.25) is 0 Å². The predicted molar refractivity (Wildman–Crippen MR) is 181 cm³/mol. The quantitative estimate of drug-likeness (QED) is 0.0654. The smallest absolute Gasteiger partial charge is 0.305 e. The monoisotopic (exact) mass is 696 g/mol. The molecule has 0 aliphatic carbocycles. The molecule has 0 aromatic rings. The van der Waals surface area contributed by atoms with Crippen molar-refractivity contribution in [2.24, 2.45) is 0 Å². The van der Waals surface area contributed by atoms with Crippen molar-refractivity contribution in [2.45, 2.75) is 84.5 Å². The molecule has 13 heteroatoms. The summed E-state index contributed by atoms with van der Waals surface area (Å²) in [4.78, 5) is 23.2. The Bertz CT molecular complexity index is 654. The summed E-state index contributed by atoms with van der Waals surface area (Å²) in [5, 5.41) is 0. The molecule has 0 bridgehead atoms. The minimum Gasteiger partial charge on any atom is -0.463 e. The normalized spacial score (nSPS) is 11.3. The summed E-state index contributed by atoms with van der Waals surface area (Å²) in [6.45, 7) is 13.3. The minimum atomic E-state index is -0.154. The molecule has 286 valence electrons. The molecule has 0 fully saturated rings. The summed E-state index contributed by atoms with van der Waals surface area (Å²) in [7, 11) is 0. The maximum atomic E-state index is 11.6. The molecule has 0 saturated carbocycles. The van der Waals surface area contributed by atoms with E-state index in [0.29, 0.717) is 132 Å². The highest BCUT2D eigenvalue weighted by Crippen LogP contribution is 2.06. The molecule has 0 heterocycles. The predicted octanol–water partition coefficient (Wildman–Crippen LogP) is 4.55. The molecule has 48 heavy (non-hydrogen) atoms. The molecule has 0 aromatic carbocycles. The first-order valence-corrected chi connectivity index (χ1v) is 18.2. The van der Waals surface area contributed by atoms with Crippen LogP contribution in [0.3, 0.4) is 0 Å². The highest BCUT2D eigenvalue weighted by molar-refractivity contribution is 5.69. The minimum absolute atomic E-state index is 0.149. The highest BCUT2D eigenvalue weighted by Gasteiger charge is 2.03. The van der Waals surface area contributed by atoms with Gasteiger partial charge >= 0.3 is 11.9 Å². The number of carbonyl (C=O) groups is 2. The molecule has 0 radical (unpaired) electrons. The van der Waals surface area contributed by atoms with Gasteiger partial charge in [-0.05, 0) is 12.8 Å². The van der Waals surface area contributed by atoms with Crippen LogP contribution in [0.15, 0.2) is 0 Å². The van der Waals surface area contributed by atoms with Gasteiger partial charge in [-0.3, -0.25) is 9.59 Å². The Balaban J connectivity index is 3.12. The van der Waals surface area contributed by atoms with Crippen LogP contribution < -0.4 is 0 Å². The number of unbranched alkanes of at least 4 members (excludes halogenated alkanes) is 7. The molecule has 0 N–H and O–H groups in total. The van der Waals surface area contributed by atoms with E-state index in [-0.39, 0.29) is 25.2 Å². The Hall–Kier alpha value is -1.42. The second-order valence-electron chi connectivity index (χ2n) is 10.9. The van der Waals surface area contributed by atoms with Crippen molar-refractivity contribution in [1.29, 1.82) is 0 Å². The van der Waals surface area contributed by atoms with E-state index in [4.69, 9.17) is 52.1 Å². The van der Waals surface area contributed by atoms with Crippen molar-refractivity contribution in [3.8, 4) is 0 Å². The zero-order valence-corrected chi connectivity index (χ0v) is 30.2. The third-order valence-electron chi connectivity index (χ3n) is 6.68. The molecule has 0 aliphatic rings. The lowest BCUT2D eigenvalue weighted by Crippen LogP contribution is -2.15. The lowest BCUT2D eigenvalue weighted by atomic mass is 10.1. The van der Waals surface area contributed by atoms with Gasteiger partial charge in [0.15, 0.2) is 0 Å². The van der Waals surface area contributed by atoms with Crippen LogP contribution in [0.4, 0.5) is 0 Å². The number of carbonyl (C=O) groups excluding carboxylic acids is 2. The first kappa shape index (κ1) is 46.6. The third-order valence-corrected chi connectivity index (χ3v) is 6.68. The number of hydrogen-bond donors (Lipinski definition) is 0. The van der Waals surface area contributed by atoms with E-state index in [0.717, 1.165) is 38.5 Å². The SMILES string of the molecule is CCCCCCCC(=O)OCCOCCOCCOCCOCCOCCOCCOCCOCCOCCOC(=O)CCCCCC. The lowest BCUT2D eigenvalue weighted by Gasteiger charge is -2.09. The van der Waals surface area contributed by atoms with Crippen LogP contribution in [-0.4, -0.2) is 144 Å². The summed E-state index contributed by atoms with van der Waals surface area (Å²) in [5.41, 5.74) is 0. The van der Waals surface area contributed by atoms with E-state index in [1.165, 1.54) is 19.3 Å². The van der Waals surface area contributed by atoms with Crippen molar-refractivity contribution >= 4 is 11.9 Å². The van der Waals surface area contributed by atoms with Crippen molar-refractivity contribution in [3.63, 3.8) is 0 Å². The fourth-order valence-electron chi connectivity index (χ4n) is 4.00. The van der Waals surface area contributed by atoms with Crippen LogP contribution in [0.1, 0.15) is 84.5 Å². The van der Waals surface area contributed by atoms with Gasteiger partial charge in [0.25, 0.3) is 0 Å². The molecular formula is C35H68O13. The molecule has 0 aliphatic heterocycles. The summed E-state index contributed by atoms with van der Waals surface area (Å²) < 4.78 is 59.3. The number of esters is 2. The van der Waals surface area contributed by atoms with Gasteiger partial charge in [-0.2, -0.15) is 0 Å². The number of rotatable bonds is 41. The third kappa shape index (κ3) is 40.8. The van der Waals surface area contributed by atoms with Crippen molar-refractivity contribution in [2.75, 3.05) is 132 Å². The molecule has 0 rings (SSSR count). The van der Waals surface area contributed by atoms with Gasteiger partial charge in [0, 0.05) is 12.8 Å². The molecular weight excluding hydrogens is 628 g/mol. The van der Waals surface area contributed by atoms with E-state index in [2.05, 4.69) is 13.8 Å². The Labute approximate surface area is 290 Å². The molecule has 0 saturated heterocycles. The van der Waals surface area contributed by atoms with E-state index >= 15 is 0 Å². The van der Waals surface area contributed by atoms with Crippen LogP contribution in [-0.2, 0) is 61.7 Å². The van der Waals surface area contributed by atoms with Gasteiger partial charge in [-0.15, -0.1) is 0 Å². The van der Waals surface area contributed by atoms with E-state index < -0.39 is 0 Å². The average Bonchev–Trinajstić information content (AvgIpc) is 3.09. The second-order valence-corrected chi connectivity index (χ2v) is 10.9.